The summed E-state index contributed by atoms with van der Waals surface area (Å²) in [7, 11) is 0. The van der Waals surface area contributed by atoms with E-state index < -0.39 is 0 Å². The minimum atomic E-state index is 0.0797. The van der Waals surface area contributed by atoms with Gasteiger partial charge in [-0.2, -0.15) is 0 Å². The molecule has 19 heavy (non-hydrogen) atoms. The van der Waals surface area contributed by atoms with Crippen LogP contribution in [0.4, 0.5) is 5.69 Å². The molecule has 0 bridgehead atoms. The van der Waals surface area contributed by atoms with Crippen LogP contribution in [0.15, 0.2) is 27.7 Å². The molecule has 2 aliphatic heterocycles. The van der Waals surface area contributed by atoms with Crippen LogP contribution >= 0.6 is 39.3 Å². The fourth-order valence-corrected chi connectivity index (χ4v) is 3.98. The molecule has 2 heterocycles. The van der Waals surface area contributed by atoms with E-state index in [2.05, 4.69) is 21.2 Å². The molecule has 2 aliphatic rings. The summed E-state index contributed by atoms with van der Waals surface area (Å²) >= 11 is 11.3. The first kappa shape index (κ1) is 13.7. The van der Waals surface area contributed by atoms with Gasteiger partial charge < -0.3 is 10.1 Å². The Morgan fingerprint density at radius 3 is 2.95 bits per heavy atom. The molecule has 1 N–H and O–H groups in total. The Morgan fingerprint density at radius 2 is 2.16 bits per heavy atom. The summed E-state index contributed by atoms with van der Waals surface area (Å²) < 4.78 is 6.41. The van der Waals surface area contributed by atoms with Crippen molar-refractivity contribution in [2.75, 3.05) is 24.3 Å². The zero-order chi connectivity index (χ0) is 13.3. The monoisotopic (exact) mass is 360 g/mol. The van der Waals surface area contributed by atoms with E-state index in [4.69, 9.17) is 21.3 Å². The number of nitrogens with zero attached hydrogens (tertiary/aromatic N) is 1. The maximum atomic E-state index is 6.02. The summed E-state index contributed by atoms with van der Waals surface area (Å²) in [5, 5.41) is 5.06. The van der Waals surface area contributed by atoms with Crippen molar-refractivity contribution in [2.24, 2.45) is 4.99 Å². The van der Waals surface area contributed by atoms with Crippen LogP contribution < -0.4 is 5.32 Å². The van der Waals surface area contributed by atoms with Gasteiger partial charge in [0.05, 0.1) is 11.2 Å². The van der Waals surface area contributed by atoms with Gasteiger partial charge in [-0.05, 0) is 47.0 Å². The van der Waals surface area contributed by atoms with Crippen molar-refractivity contribution in [2.45, 2.75) is 18.4 Å². The fourth-order valence-electron chi connectivity index (χ4n) is 2.26. The number of aliphatic imine (C=N–C) groups is 1. The standard InChI is InChI=1S/C13H14BrClN2OS/c14-10-2-1-9(15)7-11(10)16-12-17-13(8-19-12)3-5-18-6-4-13/h1-2,7H,3-6,8H2,(H,16,17). The van der Waals surface area contributed by atoms with E-state index in [-0.39, 0.29) is 5.54 Å². The third kappa shape index (κ3) is 3.10. The highest BCUT2D eigenvalue weighted by Gasteiger charge is 2.37. The van der Waals surface area contributed by atoms with E-state index in [0.717, 1.165) is 52.2 Å². The predicted molar refractivity (Wildman–Crippen MR) is 85.5 cm³/mol. The van der Waals surface area contributed by atoms with E-state index >= 15 is 0 Å². The fraction of sp³-hybridized carbons (Fsp3) is 0.462. The first-order valence-corrected chi connectivity index (χ1v) is 8.35. The summed E-state index contributed by atoms with van der Waals surface area (Å²) in [4.78, 5) is 4.87. The van der Waals surface area contributed by atoms with E-state index in [0.29, 0.717) is 0 Å². The van der Waals surface area contributed by atoms with Gasteiger partial charge in [-0.1, -0.05) is 23.4 Å². The van der Waals surface area contributed by atoms with E-state index in [1.807, 2.05) is 18.2 Å². The lowest BCUT2D eigenvalue weighted by molar-refractivity contribution is 0.0624. The number of benzene rings is 1. The number of amidine groups is 1. The molecule has 102 valence electrons. The molecule has 1 aromatic rings. The Kier molecular flexibility index (Phi) is 4.08. The van der Waals surface area contributed by atoms with Crippen LogP contribution in [-0.4, -0.2) is 29.7 Å². The summed E-state index contributed by atoms with van der Waals surface area (Å²) in [6.45, 7) is 1.64. The lowest BCUT2D eigenvalue weighted by atomic mass is 9.93. The lowest BCUT2D eigenvalue weighted by Gasteiger charge is -2.29. The molecule has 1 fully saturated rings. The number of ether oxygens (including phenoxy) is 1. The van der Waals surface area contributed by atoms with E-state index in [1.54, 1.807) is 11.8 Å². The average Bonchev–Trinajstić information content (AvgIpc) is 2.78. The van der Waals surface area contributed by atoms with Gasteiger partial charge in [-0.3, -0.25) is 4.99 Å². The van der Waals surface area contributed by atoms with Crippen LogP contribution in [0.2, 0.25) is 5.02 Å². The molecule has 1 spiro atoms. The van der Waals surface area contributed by atoms with Gasteiger partial charge in [0, 0.05) is 28.5 Å². The van der Waals surface area contributed by atoms with Crippen LogP contribution in [0.5, 0.6) is 0 Å². The molecule has 0 saturated carbocycles. The molecule has 1 saturated heterocycles. The first-order chi connectivity index (χ1) is 9.17. The highest BCUT2D eigenvalue weighted by Crippen LogP contribution is 2.37. The van der Waals surface area contributed by atoms with Crippen molar-refractivity contribution >= 4 is 50.1 Å². The molecule has 0 aliphatic carbocycles. The molecular formula is C13H14BrClN2OS. The number of rotatable bonds is 1. The van der Waals surface area contributed by atoms with Gasteiger partial charge in [0.25, 0.3) is 0 Å². The molecule has 3 nitrogen and oxygen atoms in total. The zero-order valence-electron chi connectivity index (χ0n) is 10.3. The molecule has 0 atom stereocenters. The Bertz CT molecular complexity index is 517. The molecule has 1 aromatic carbocycles. The SMILES string of the molecule is Clc1ccc(Br)c(NC2=NC3(CCOCC3)CS2)c1. The summed E-state index contributed by atoms with van der Waals surface area (Å²) in [6.07, 6.45) is 2.03. The van der Waals surface area contributed by atoms with E-state index in [1.165, 1.54) is 0 Å². The second-order valence-corrected chi connectivity index (χ2v) is 7.05. The maximum absolute atomic E-state index is 6.02. The Morgan fingerprint density at radius 1 is 1.37 bits per heavy atom. The minimum Gasteiger partial charge on any atom is -0.381 e. The number of halogens is 2. The third-order valence-electron chi connectivity index (χ3n) is 3.41. The normalized spacial score (nSPS) is 21.5. The summed E-state index contributed by atoms with van der Waals surface area (Å²) in [6, 6.07) is 5.71. The van der Waals surface area contributed by atoms with Crippen LogP contribution in [-0.2, 0) is 4.74 Å². The molecule has 0 unspecified atom stereocenters. The quantitative estimate of drug-likeness (QED) is 0.815. The van der Waals surface area contributed by atoms with Crippen molar-refractivity contribution in [3.05, 3.63) is 27.7 Å². The van der Waals surface area contributed by atoms with Crippen molar-refractivity contribution in [1.29, 1.82) is 0 Å². The molecule has 0 radical (unpaired) electrons. The second-order valence-electron chi connectivity index (χ2n) is 4.79. The van der Waals surface area contributed by atoms with E-state index in [9.17, 15) is 0 Å². The smallest absolute Gasteiger partial charge is 0.161 e. The highest BCUT2D eigenvalue weighted by atomic mass is 79.9. The van der Waals surface area contributed by atoms with Gasteiger partial charge in [-0.15, -0.1) is 0 Å². The van der Waals surface area contributed by atoms with Crippen LogP contribution in [0.1, 0.15) is 12.8 Å². The largest absolute Gasteiger partial charge is 0.381 e. The number of hydrogen-bond donors (Lipinski definition) is 1. The number of hydrogen-bond acceptors (Lipinski definition) is 4. The topological polar surface area (TPSA) is 33.6 Å². The van der Waals surface area contributed by atoms with Crippen LogP contribution in [0.3, 0.4) is 0 Å². The van der Waals surface area contributed by atoms with Gasteiger partial charge in [0.1, 0.15) is 0 Å². The minimum absolute atomic E-state index is 0.0797. The summed E-state index contributed by atoms with van der Waals surface area (Å²) in [5.41, 5.74) is 1.04. The van der Waals surface area contributed by atoms with Crippen molar-refractivity contribution < 1.29 is 4.74 Å². The third-order valence-corrected chi connectivity index (χ3v) is 5.48. The zero-order valence-corrected chi connectivity index (χ0v) is 13.4. The maximum Gasteiger partial charge on any atom is 0.161 e. The predicted octanol–water partition coefficient (Wildman–Crippen LogP) is 4.17. The van der Waals surface area contributed by atoms with Gasteiger partial charge in [0.15, 0.2) is 5.17 Å². The van der Waals surface area contributed by atoms with Gasteiger partial charge in [0.2, 0.25) is 0 Å². The van der Waals surface area contributed by atoms with Crippen LogP contribution in [0, 0.1) is 0 Å². The molecule has 0 aromatic heterocycles. The van der Waals surface area contributed by atoms with Crippen molar-refractivity contribution in [1.82, 2.24) is 0 Å². The molecular weight excluding hydrogens is 348 g/mol. The van der Waals surface area contributed by atoms with Crippen LogP contribution in [0.25, 0.3) is 0 Å². The first-order valence-electron chi connectivity index (χ1n) is 6.19. The Balaban J connectivity index is 1.77. The van der Waals surface area contributed by atoms with Gasteiger partial charge in [-0.25, -0.2) is 0 Å². The Hall–Kier alpha value is -0.230. The highest BCUT2D eigenvalue weighted by molar-refractivity contribution is 9.10. The number of thioether (sulfide) groups is 1. The number of anilines is 1. The molecule has 6 heteroatoms. The summed E-state index contributed by atoms with van der Waals surface area (Å²) in [5.74, 6) is 1.04. The number of nitrogens with one attached hydrogen (secondary N) is 1. The van der Waals surface area contributed by atoms with Crippen molar-refractivity contribution in [3.63, 3.8) is 0 Å². The molecule has 0 amide bonds. The second kappa shape index (κ2) is 5.64. The Labute approximate surface area is 130 Å². The average molecular weight is 362 g/mol. The van der Waals surface area contributed by atoms with Gasteiger partial charge >= 0.3 is 0 Å². The molecule has 3 rings (SSSR count). The lowest BCUT2D eigenvalue weighted by Crippen LogP contribution is -2.34. The van der Waals surface area contributed by atoms with Crippen molar-refractivity contribution in [3.8, 4) is 0 Å².